The second-order valence-corrected chi connectivity index (χ2v) is 10.0. The molecular weight excluding hydrogens is 454 g/mol. The fraction of sp³-hybridized carbons (Fsp3) is 0.533. The van der Waals surface area contributed by atoms with Crippen LogP contribution in [-0.4, -0.2) is 22.0 Å². The molecule has 1 heterocycles. The molecule has 1 aromatic heterocycles. The van der Waals surface area contributed by atoms with Gasteiger partial charge in [-0.1, -0.05) is 101 Å². The third-order valence-corrected chi connectivity index (χ3v) is 6.90. The quantitative estimate of drug-likeness (QED) is 0.193. The summed E-state index contributed by atoms with van der Waals surface area (Å²) in [5, 5.41) is 3.74. The SMILES string of the molecule is CCCCCCCCCCCCn1c(CCCNC(=O)Cc2ccc(Cl)cc2)nc2ccccc21. The predicted octanol–water partition coefficient (Wildman–Crippen LogP) is 7.90. The zero-order valence-corrected chi connectivity index (χ0v) is 22.2. The van der Waals surface area contributed by atoms with E-state index >= 15 is 0 Å². The zero-order valence-electron chi connectivity index (χ0n) is 21.4. The maximum absolute atomic E-state index is 12.3. The van der Waals surface area contributed by atoms with Gasteiger partial charge in [0.25, 0.3) is 0 Å². The maximum atomic E-state index is 12.3. The van der Waals surface area contributed by atoms with Crippen molar-refractivity contribution in [2.75, 3.05) is 6.54 Å². The van der Waals surface area contributed by atoms with Gasteiger partial charge in [-0.15, -0.1) is 0 Å². The molecular formula is C30H42ClN3O. The molecule has 35 heavy (non-hydrogen) atoms. The summed E-state index contributed by atoms with van der Waals surface area (Å²) in [4.78, 5) is 17.2. The van der Waals surface area contributed by atoms with E-state index in [2.05, 4.69) is 41.1 Å². The number of carbonyl (C=O) groups excluding carboxylic acids is 1. The van der Waals surface area contributed by atoms with Crippen molar-refractivity contribution in [1.82, 2.24) is 14.9 Å². The van der Waals surface area contributed by atoms with Gasteiger partial charge < -0.3 is 9.88 Å². The number of hydrogen-bond acceptors (Lipinski definition) is 2. The predicted molar refractivity (Wildman–Crippen MR) is 148 cm³/mol. The van der Waals surface area contributed by atoms with Gasteiger partial charge in [-0.3, -0.25) is 4.79 Å². The van der Waals surface area contributed by atoms with Gasteiger partial charge in [0.15, 0.2) is 0 Å². The number of fused-ring (bicyclic) bond motifs is 1. The molecule has 0 fully saturated rings. The number of benzene rings is 2. The van der Waals surface area contributed by atoms with Crippen LogP contribution in [0.1, 0.15) is 88.9 Å². The van der Waals surface area contributed by atoms with Gasteiger partial charge in [0.1, 0.15) is 5.82 Å². The van der Waals surface area contributed by atoms with Crippen LogP contribution in [0, 0.1) is 0 Å². The van der Waals surface area contributed by atoms with Crippen LogP contribution in [0.2, 0.25) is 5.02 Å². The van der Waals surface area contributed by atoms with Crippen molar-refractivity contribution >= 4 is 28.5 Å². The van der Waals surface area contributed by atoms with Crippen molar-refractivity contribution in [1.29, 1.82) is 0 Å². The Labute approximate surface area is 216 Å². The first-order chi connectivity index (χ1) is 17.2. The molecule has 0 saturated heterocycles. The molecule has 0 atom stereocenters. The Morgan fingerprint density at radius 1 is 0.857 bits per heavy atom. The summed E-state index contributed by atoms with van der Waals surface area (Å²) in [5.41, 5.74) is 3.27. The molecule has 4 nitrogen and oxygen atoms in total. The van der Waals surface area contributed by atoms with Crippen LogP contribution in [0.3, 0.4) is 0 Å². The summed E-state index contributed by atoms with van der Waals surface area (Å²) in [7, 11) is 0. The number of rotatable bonds is 17. The largest absolute Gasteiger partial charge is 0.356 e. The molecule has 0 aliphatic rings. The Morgan fingerprint density at radius 2 is 1.51 bits per heavy atom. The van der Waals surface area contributed by atoms with Crippen LogP contribution in [0.4, 0.5) is 0 Å². The van der Waals surface area contributed by atoms with Crippen LogP contribution in [-0.2, 0) is 24.2 Å². The number of nitrogens with one attached hydrogen (secondary N) is 1. The second kappa shape index (κ2) is 15.6. The summed E-state index contributed by atoms with van der Waals surface area (Å²) in [6, 6.07) is 15.9. The van der Waals surface area contributed by atoms with Crippen molar-refractivity contribution in [3.05, 3.63) is 64.9 Å². The van der Waals surface area contributed by atoms with Gasteiger partial charge >= 0.3 is 0 Å². The number of nitrogens with zero attached hydrogens (tertiary/aromatic N) is 2. The van der Waals surface area contributed by atoms with Gasteiger partial charge in [-0.2, -0.15) is 0 Å². The minimum Gasteiger partial charge on any atom is -0.356 e. The highest BCUT2D eigenvalue weighted by atomic mass is 35.5. The minimum absolute atomic E-state index is 0.0474. The lowest BCUT2D eigenvalue weighted by Crippen LogP contribution is -2.26. The van der Waals surface area contributed by atoms with E-state index in [0.29, 0.717) is 18.0 Å². The monoisotopic (exact) mass is 495 g/mol. The smallest absolute Gasteiger partial charge is 0.224 e. The van der Waals surface area contributed by atoms with E-state index in [9.17, 15) is 4.79 Å². The van der Waals surface area contributed by atoms with Gasteiger partial charge in [-0.25, -0.2) is 4.98 Å². The number of amides is 1. The number of aryl methyl sites for hydroxylation is 2. The van der Waals surface area contributed by atoms with Crippen LogP contribution < -0.4 is 5.32 Å². The van der Waals surface area contributed by atoms with Gasteiger partial charge in [0.2, 0.25) is 5.91 Å². The average Bonchev–Trinajstić information content (AvgIpc) is 3.22. The first-order valence-corrected chi connectivity index (χ1v) is 14.0. The summed E-state index contributed by atoms with van der Waals surface area (Å²) >= 11 is 5.92. The van der Waals surface area contributed by atoms with Crippen molar-refractivity contribution in [3.8, 4) is 0 Å². The number of unbranched alkanes of at least 4 members (excludes halogenated alkanes) is 9. The Balaban J connectivity index is 1.39. The van der Waals surface area contributed by atoms with E-state index in [0.717, 1.165) is 36.3 Å². The molecule has 0 bridgehead atoms. The summed E-state index contributed by atoms with van der Waals surface area (Å²) in [6.07, 6.45) is 15.6. The maximum Gasteiger partial charge on any atom is 0.224 e. The number of imidazole rings is 1. The molecule has 0 aliphatic carbocycles. The fourth-order valence-corrected chi connectivity index (χ4v) is 4.77. The van der Waals surface area contributed by atoms with E-state index in [1.165, 1.54) is 69.7 Å². The molecule has 0 aliphatic heterocycles. The second-order valence-electron chi connectivity index (χ2n) is 9.61. The van der Waals surface area contributed by atoms with Crippen LogP contribution in [0.15, 0.2) is 48.5 Å². The summed E-state index contributed by atoms with van der Waals surface area (Å²) < 4.78 is 2.40. The number of para-hydroxylation sites is 2. The van der Waals surface area contributed by atoms with Gasteiger partial charge in [0, 0.05) is 24.5 Å². The minimum atomic E-state index is 0.0474. The van der Waals surface area contributed by atoms with E-state index in [1.807, 2.05) is 24.3 Å². The molecule has 0 spiro atoms. The van der Waals surface area contributed by atoms with E-state index < -0.39 is 0 Å². The normalized spacial score (nSPS) is 11.3. The van der Waals surface area contributed by atoms with Crippen molar-refractivity contribution in [2.24, 2.45) is 0 Å². The van der Waals surface area contributed by atoms with Crippen LogP contribution >= 0.6 is 11.6 Å². The molecule has 3 aromatic rings. The highest BCUT2D eigenvalue weighted by molar-refractivity contribution is 6.30. The standard InChI is InChI=1S/C30H42ClN3O/c1-2-3-4-5-6-7-8-9-10-13-23-34-28-16-12-11-15-27(28)33-29(34)17-14-22-32-30(35)24-25-18-20-26(31)21-19-25/h11-12,15-16,18-21H,2-10,13-14,17,22-24H2,1H3,(H,32,35). The average molecular weight is 496 g/mol. The molecule has 0 saturated carbocycles. The highest BCUT2D eigenvalue weighted by Gasteiger charge is 2.10. The van der Waals surface area contributed by atoms with E-state index in [1.54, 1.807) is 0 Å². The molecule has 0 radical (unpaired) electrons. The third kappa shape index (κ3) is 9.68. The van der Waals surface area contributed by atoms with Crippen molar-refractivity contribution in [2.45, 2.75) is 96.9 Å². The Morgan fingerprint density at radius 3 is 2.23 bits per heavy atom. The van der Waals surface area contributed by atoms with Crippen LogP contribution in [0.25, 0.3) is 11.0 Å². The van der Waals surface area contributed by atoms with Gasteiger partial charge in [0.05, 0.1) is 17.5 Å². The molecule has 5 heteroatoms. The molecule has 190 valence electrons. The number of carbonyl (C=O) groups is 1. The molecule has 0 unspecified atom stereocenters. The molecule has 1 amide bonds. The first-order valence-electron chi connectivity index (χ1n) is 13.6. The molecule has 1 N–H and O–H groups in total. The van der Waals surface area contributed by atoms with E-state index in [-0.39, 0.29) is 5.91 Å². The summed E-state index contributed by atoms with van der Waals surface area (Å²) in [5.74, 6) is 1.18. The number of aromatic nitrogens is 2. The number of halogens is 1. The zero-order chi connectivity index (χ0) is 24.7. The Kier molecular flexibility index (Phi) is 12.2. The summed E-state index contributed by atoms with van der Waals surface area (Å²) in [6.45, 7) is 3.96. The Hall–Kier alpha value is -2.33. The third-order valence-electron chi connectivity index (χ3n) is 6.65. The molecule has 3 rings (SSSR count). The highest BCUT2D eigenvalue weighted by Crippen LogP contribution is 2.19. The van der Waals surface area contributed by atoms with Crippen molar-refractivity contribution < 1.29 is 4.79 Å². The number of hydrogen-bond donors (Lipinski definition) is 1. The lowest BCUT2D eigenvalue weighted by Gasteiger charge is -2.10. The van der Waals surface area contributed by atoms with Crippen LogP contribution in [0.5, 0.6) is 0 Å². The molecule has 2 aromatic carbocycles. The topological polar surface area (TPSA) is 46.9 Å². The lowest BCUT2D eigenvalue weighted by molar-refractivity contribution is -0.120. The van der Waals surface area contributed by atoms with E-state index in [4.69, 9.17) is 16.6 Å². The van der Waals surface area contributed by atoms with Crippen molar-refractivity contribution in [3.63, 3.8) is 0 Å². The fourth-order valence-electron chi connectivity index (χ4n) is 4.65. The van der Waals surface area contributed by atoms with Gasteiger partial charge in [-0.05, 0) is 42.7 Å². The lowest BCUT2D eigenvalue weighted by atomic mass is 10.1. The first kappa shape index (κ1) is 27.3. The Bertz CT molecular complexity index is 1010.